The minimum absolute atomic E-state index is 0.0154. The van der Waals surface area contributed by atoms with E-state index in [-0.39, 0.29) is 5.91 Å². The number of carbonyl (C=O) groups is 1. The molecule has 1 N–H and O–H groups in total. The monoisotopic (exact) mass is 446 g/mol. The minimum atomic E-state index is -0.0154. The van der Waals surface area contributed by atoms with Crippen LogP contribution in [0.4, 0.5) is 5.82 Å². The van der Waals surface area contributed by atoms with Gasteiger partial charge in [0.15, 0.2) is 5.13 Å². The molecule has 0 bridgehead atoms. The molecule has 1 aliphatic rings. The second-order valence-electron chi connectivity index (χ2n) is 8.06. The van der Waals surface area contributed by atoms with E-state index >= 15 is 0 Å². The quantitative estimate of drug-likeness (QED) is 0.463. The third kappa shape index (κ3) is 4.66. The van der Waals surface area contributed by atoms with E-state index in [4.69, 9.17) is 0 Å². The van der Waals surface area contributed by atoms with Crippen LogP contribution in [0.3, 0.4) is 0 Å². The number of likely N-dealkylation sites (tertiary alicyclic amines) is 1. The highest BCUT2D eigenvalue weighted by molar-refractivity contribution is 7.12. The summed E-state index contributed by atoms with van der Waals surface area (Å²) in [5.41, 5.74) is 2.26. The molecule has 4 aromatic rings. The summed E-state index contributed by atoms with van der Waals surface area (Å²) in [6, 6.07) is 16.2. The Bertz CT molecular complexity index is 1140. The zero-order valence-corrected chi connectivity index (χ0v) is 18.6. The number of hydrogen-bond acceptors (Lipinski definition) is 5. The van der Waals surface area contributed by atoms with Crippen LogP contribution in [0.1, 0.15) is 30.1 Å². The van der Waals surface area contributed by atoms with Crippen LogP contribution in [-0.4, -0.2) is 43.2 Å². The van der Waals surface area contributed by atoms with Crippen LogP contribution in [0.5, 0.6) is 0 Å². The Morgan fingerprint density at radius 3 is 2.69 bits per heavy atom. The maximum Gasteiger partial charge on any atom is 0.229 e. The lowest BCUT2D eigenvalue weighted by atomic mass is 10.0. The molecule has 0 radical (unpaired) electrons. The van der Waals surface area contributed by atoms with Gasteiger partial charge in [0.1, 0.15) is 5.82 Å². The Kier molecular flexibility index (Phi) is 6.13. The number of piperidine rings is 1. The average molecular weight is 447 g/mol. The van der Waals surface area contributed by atoms with E-state index in [2.05, 4.69) is 43.2 Å². The van der Waals surface area contributed by atoms with Crippen LogP contribution < -0.4 is 5.32 Å². The number of thiazole rings is 1. The number of anilines is 1. The van der Waals surface area contributed by atoms with Gasteiger partial charge in [0.2, 0.25) is 5.91 Å². The number of rotatable bonds is 7. The van der Waals surface area contributed by atoms with Crippen molar-refractivity contribution < 1.29 is 4.79 Å². The molecule has 0 spiro atoms. The van der Waals surface area contributed by atoms with Crippen LogP contribution in [0, 0.1) is 0 Å². The Balaban J connectivity index is 1.17. The summed E-state index contributed by atoms with van der Waals surface area (Å²) < 4.78 is 4.16. The standard InChI is InChI=1S/C24H26N6OS/c31-23(17-19-5-2-1-3-6-19)27-22-8-11-26-30(22)20-9-14-28(15-10-20)18-21-7-4-13-29(21)24-25-12-16-32-24/h1-8,11-13,16,20H,9-10,14-15,17-18H2,(H,27,31). The molecular formula is C24H26N6OS. The molecule has 1 saturated heterocycles. The second-order valence-corrected chi connectivity index (χ2v) is 8.94. The summed E-state index contributed by atoms with van der Waals surface area (Å²) in [5.74, 6) is 0.764. The molecule has 7 nitrogen and oxygen atoms in total. The number of aromatic nitrogens is 4. The number of carbonyl (C=O) groups excluding carboxylic acids is 1. The van der Waals surface area contributed by atoms with Crippen LogP contribution in [0.25, 0.3) is 5.13 Å². The van der Waals surface area contributed by atoms with E-state index in [0.717, 1.165) is 49.0 Å². The molecule has 8 heteroatoms. The first kappa shape index (κ1) is 20.7. The molecule has 1 aromatic carbocycles. The van der Waals surface area contributed by atoms with Crippen molar-refractivity contribution >= 4 is 23.1 Å². The molecular weight excluding hydrogens is 420 g/mol. The lowest BCUT2D eigenvalue weighted by molar-refractivity contribution is -0.115. The highest BCUT2D eigenvalue weighted by Crippen LogP contribution is 2.27. The van der Waals surface area contributed by atoms with Crippen molar-refractivity contribution in [2.45, 2.75) is 31.8 Å². The van der Waals surface area contributed by atoms with Gasteiger partial charge in [-0.15, -0.1) is 11.3 Å². The highest BCUT2D eigenvalue weighted by atomic mass is 32.1. The van der Waals surface area contributed by atoms with Crippen molar-refractivity contribution in [1.82, 2.24) is 24.2 Å². The molecule has 1 amide bonds. The minimum Gasteiger partial charge on any atom is -0.311 e. The van der Waals surface area contributed by atoms with Gasteiger partial charge in [0.25, 0.3) is 0 Å². The van der Waals surface area contributed by atoms with E-state index in [1.807, 2.05) is 52.7 Å². The predicted octanol–water partition coefficient (Wildman–Crippen LogP) is 4.15. The molecule has 4 heterocycles. The van der Waals surface area contributed by atoms with E-state index in [1.165, 1.54) is 5.69 Å². The van der Waals surface area contributed by atoms with Gasteiger partial charge in [0.05, 0.1) is 18.7 Å². The van der Waals surface area contributed by atoms with Crippen molar-refractivity contribution in [1.29, 1.82) is 0 Å². The summed E-state index contributed by atoms with van der Waals surface area (Å²) >= 11 is 1.65. The zero-order chi connectivity index (χ0) is 21.8. The number of nitrogens with one attached hydrogen (secondary N) is 1. The average Bonchev–Trinajstić information content (AvgIpc) is 3.57. The fourth-order valence-corrected chi connectivity index (χ4v) is 4.95. The van der Waals surface area contributed by atoms with Gasteiger partial charge in [0, 0.05) is 49.2 Å². The normalized spacial score (nSPS) is 15.1. The first-order chi connectivity index (χ1) is 15.8. The van der Waals surface area contributed by atoms with E-state index < -0.39 is 0 Å². The number of benzene rings is 1. The predicted molar refractivity (Wildman–Crippen MR) is 126 cm³/mol. The molecule has 32 heavy (non-hydrogen) atoms. The Morgan fingerprint density at radius 2 is 1.91 bits per heavy atom. The van der Waals surface area contributed by atoms with Crippen molar-refractivity contribution in [2.75, 3.05) is 18.4 Å². The van der Waals surface area contributed by atoms with E-state index in [1.54, 1.807) is 17.5 Å². The summed E-state index contributed by atoms with van der Waals surface area (Å²) in [7, 11) is 0. The Labute approximate surface area is 191 Å². The summed E-state index contributed by atoms with van der Waals surface area (Å²) in [4.78, 5) is 19.4. The summed E-state index contributed by atoms with van der Waals surface area (Å²) in [6.45, 7) is 2.88. The van der Waals surface area contributed by atoms with Crippen LogP contribution in [-0.2, 0) is 17.8 Å². The van der Waals surface area contributed by atoms with Gasteiger partial charge in [-0.2, -0.15) is 5.10 Å². The molecule has 5 rings (SSSR count). The molecule has 0 saturated carbocycles. The van der Waals surface area contributed by atoms with E-state index in [9.17, 15) is 4.79 Å². The van der Waals surface area contributed by atoms with Crippen molar-refractivity contribution in [3.63, 3.8) is 0 Å². The van der Waals surface area contributed by atoms with E-state index in [0.29, 0.717) is 12.5 Å². The molecule has 0 unspecified atom stereocenters. The van der Waals surface area contributed by atoms with Crippen LogP contribution >= 0.6 is 11.3 Å². The molecule has 3 aromatic heterocycles. The van der Waals surface area contributed by atoms with Gasteiger partial charge in [-0.05, 0) is 30.5 Å². The third-order valence-corrected chi connectivity index (χ3v) is 6.66. The fraction of sp³-hybridized carbons (Fsp3) is 0.292. The highest BCUT2D eigenvalue weighted by Gasteiger charge is 2.24. The van der Waals surface area contributed by atoms with Crippen molar-refractivity contribution in [3.8, 4) is 5.13 Å². The lowest BCUT2D eigenvalue weighted by Crippen LogP contribution is -2.35. The van der Waals surface area contributed by atoms with Gasteiger partial charge < -0.3 is 5.32 Å². The maximum atomic E-state index is 12.5. The van der Waals surface area contributed by atoms with Gasteiger partial charge in [-0.1, -0.05) is 30.3 Å². The van der Waals surface area contributed by atoms with Crippen LogP contribution in [0.2, 0.25) is 0 Å². The number of nitrogens with zero attached hydrogens (tertiary/aromatic N) is 5. The second kappa shape index (κ2) is 9.50. The lowest BCUT2D eigenvalue weighted by Gasteiger charge is -2.32. The molecule has 164 valence electrons. The van der Waals surface area contributed by atoms with Crippen molar-refractivity contribution in [3.05, 3.63) is 83.8 Å². The number of amides is 1. The summed E-state index contributed by atoms with van der Waals surface area (Å²) in [6.07, 6.45) is 8.06. The summed E-state index contributed by atoms with van der Waals surface area (Å²) in [5, 5.41) is 10.6. The Hall–Kier alpha value is -3.23. The zero-order valence-electron chi connectivity index (χ0n) is 17.8. The van der Waals surface area contributed by atoms with Crippen LogP contribution in [0.15, 0.2) is 72.5 Å². The van der Waals surface area contributed by atoms with Gasteiger partial charge >= 0.3 is 0 Å². The topological polar surface area (TPSA) is 68.0 Å². The molecule has 0 aliphatic carbocycles. The molecule has 0 atom stereocenters. The first-order valence-corrected chi connectivity index (χ1v) is 11.8. The van der Waals surface area contributed by atoms with Crippen molar-refractivity contribution in [2.24, 2.45) is 0 Å². The molecule has 1 fully saturated rings. The van der Waals surface area contributed by atoms with Gasteiger partial charge in [-0.25, -0.2) is 9.67 Å². The SMILES string of the molecule is O=C(Cc1ccccc1)Nc1ccnn1C1CCN(Cc2cccn2-c2nccs2)CC1. The Morgan fingerprint density at radius 1 is 1.06 bits per heavy atom. The molecule has 1 aliphatic heterocycles. The fourth-order valence-electron chi connectivity index (χ4n) is 4.29. The van der Waals surface area contributed by atoms with Gasteiger partial charge in [-0.3, -0.25) is 14.3 Å². The first-order valence-electron chi connectivity index (χ1n) is 10.9. The maximum absolute atomic E-state index is 12.5. The third-order valence-electron chi connectivity index (χ3n) is 5.89. The smallest absolute Gasteiger partial charge is 0.229 e. The largest absolute Gasteiger partial charge is 0.311 e. The number of hydrogen-bond donors (Lipinski definition) is 1.